The number of imide groups is 1. The van der Waals surface area contributed by atoms with E-state index < -0.39 is 16.7 Å². The number of rotatable bonds is 2. The summed E-state index contributed by atoms with van der Waals surface area (Å²) in [6.45, 7) is 3.75. The van der Waals surface area contributed by atoms with Crippen LogP contribution in [0.5, 0.6) is 0 Å². The Bertz CT molecular complexity index is 822. The summed E-state index contributed by atoms with van der Waals surface area (Å²) in [5.74, 6) is -0.992. The van der Waals surface area contributed by atoms with E-state index in [-0.39, 0.29) is 16.8 Å². The van der Waals surface area contributed by atoms with Gasteiger partial charge in [-0.2, -0.15) is 0 Å². The standard InChI is InChI=1S/C16H12N2O4/c1-9-5-10(2)7-12(6-9)17-15(19)13-4-3-11(18(21)22)8-14(13)16(17)20/h3-8H,1-2H3. The molecule has 1 aliphatic rings. The number of aryl methyl sites for hydroxylation is 2. The first-order valence-corrected chi connectivity index (χ1v) is 6.64. The molecule has 0 saturated heterocycles. The molecule has 6 nitrogen and oxygen atoms in total. The number of non-ortho nitro benzene ring substituents is 1. The number of nitro benzene ring substituents is 1. The highest BCUT2D eigenvalue weighted by atomic mass is 16.6. The zero-order valence-electron chi connectivity index (χ0n) is 12.0. The first kappa shape index (κ1) is 13.9. The molecule has 110 valence electrons. The average molecular weight is 296 g/mol. The third-order valence-electron chi connectivity index (χ3n) is 3.55. The summed E-state index contributed by atoms with van der Waals surface area (Å²) < 4.78 is 0. The van der Waals surface area contributed by atoms with Crippen molar-refractivity contribution in [3.05, 3.63) is 68.8 Å². The lowest BCUT2D eigenvalue weighted by molar-refractivity contribution is -0.384. The molecule has 0 aromatic heterocycles. The average Bonchev–Trinajstić information content (AvgIpc) is 2.69. The topological polar surface area (TPSA) is 80.5 Å². The third-order valence-corrected chi connectivity index (χ3v) is 3.55. The maximum Gasteiger partial charge on any atom is 0.270 e. The molecule has 6 heteroatoms. The van der Waals surface area contributed by atoms with E-state index in [1.165, 1.54) is 12.1 Å². The Hall–Kier alpha value is -3.02. The van der Waals surface area contributed by atoms with Crippen LogP contribution in [0.3, 0.4) is 0 Å². The Morgan fingerprint density at radius 2 is 1.50 bits per heavy atom. The van der Waals surface area contributed by atoms with E-state index in [1.807, 2.05) is 19.9 Å². The Balaban J connectivity index is 2.12. The van der Waals surface area contributed by atoms with Crippen molar-refractivity contribution in [1.29, 1.82) is 0 Å². The summed E-state index contributed by atoms with van der Waals surface area (Å²) in [4.78, 5) is 36.2. The van der Waals surface area contributed by atoms with Crippen LogP contribution in [-0.4, -0.2) is 16.7 Å². The van der Waals surface area contributed by atoms with Crippen LogP contribution in [0.1, 0.15) is 31.8 Å². The number of hydrogen-bond donors (Lipinski definition) is 0. The summed E-state index contributed by atoms with van der Waals surface area (Å²) in [7, 11) is 0. The first-order chi connectivity index (χ1) is 10.4. The Morgan fingerprint density at radius 3 is 2.09 bits per heavy atom. The van der Waals surface area contributed by atoms with Gasteiger partial charge in [0.2, 0.25) is 0 Å². The molecule has 2 amide bonds. The number of nitro groups is 1. The molecule has 1 aliphatic heterocycles. The van der Waals surface area contributed by atoms with Crippen LogP contribution in [0, 0.1) is 24.0 Å². The predicted molar refractivity (Wildman–Crippen MR) is 80.2 cm³/mol. The molecule has 0 N–H and O–H groups in total. The van der Waals surface area contributed by atoms with E-state index in [0.717, 1.165) is 22.1 Å². The quantitative estimate of drug-likeness (QED) is 0.484. The zero-order chi connectivity index (χ0) is 16.0. The highest BCUT2D eigenvalue weighted by Gasteiger charge is 2.37. The minimum absolute atomic E-state index is 0.0679. The molecular weight excluding hydrogens is 284 g/mol. The highest BCUT2D eigenvalue weighted by Crippen LogP contribution is 2.31. The molecule has 0 atom stereocenters. The Morgan fingerprint density at radius 1 is 0.909 bits per heavy atom. The first-order valence-electron chi connectivity index (χ1n) is 6.64. The number of carbonyl (C=O) groups is 2. The van der Waals surface area contributed by atoms with Crippen LogP contribution >= 0.6 is 0 Å². The molecule has 0 bridgehead atoms. The van der Waals surface area contributed by atoms with Gasteiger partial charge in [0.1, 0.15) is 0 Å². The second-order valence-electron chi connectivity index (χ2n) is 5.28. The van der Waals surface area contributed by atoms with Crippen LogP contribution in [0.2, 0.25) is 0 Å². The summed E-state index contributed by atoms with van der Waals surface area (Å²) in [6, 6.07) is 9.13. The number of benzene rings is 2. The van der Waals surface area contributed by atoms with E-state index in [9.17, 15) is 19.7 Å². The van der Waals surface area contributed by atoms with Gasteiger partial charge >= 0.3 is 0 Å². The normalized spacial score (nSPS) is 13.5. The van der Waals surface area contributed by atoms with Crippen molar-refractivity contribution in [3.63, 3.8) is 0 Å². The van der Waals surface area contributed by atoms with Crippen LogP contribution < -0.4 is 4.90 Å². The van der Waals surface area contributed by atoms with Crippen molar-refractivity contribution in [2.45, 2.75) is 13.8 Å². The lowest BCUT2D eigenvalue weighted by Crippen LogP contribution is -2.29. The maximum atomic E-state index is 12.5. The van der Waals surface area contributed by atoms with E-state index in [2.05, 4.69) is 0 Å². The lowest BCUT2D eigenvalue weighted by atomic mass is 10.1. The second-order valence-corrected chi connectivity index (χ2v) is 5.28. The summed E-state index contributed by atoms with van der Waals surface area (Å²) in [5.41, 5.74) is 2.39. The van der Waals surface area contributed by atoms with Gasteiger partial charge in [-0.15, -0.1) is 0 Å². The molecule has 0 saturated carbocycles. The van der Waals surface area contributed by atoms with Gasteiger partial charge in [0, 0.05) is 12.1 Å². The zero-order valence-corrected chi connectivity index (χ0v) is 12.0. The van der Waals surface area contributed by atoms with Crippen LogP contribution in [0.15, 0.2) is 36.4 Å². The second kappa shape index (κ2) is 4.77. The van der Waals surface area contributed by atoms with E-state index in [1.54, 1.807) is 12.1 Å². The summed E-state index contributed by atoms with van der Waals surface area (Å²) in [6.07, 6.45) is 0. The van der Waals surface area contributed by atoms with Gasteiger partial charge in [-0.25, -0.2) is 4.90 Å². The molecule has 2 aromatic carbocycles. The molecule has 3 rings (SSSR count). The molecule has 0 radical (unpaired) electrons. The smallest absolute Gasteiger partial charge is 0.268 e. The molecule has 2 aromatic rings. The van der Waals surface area contributed by atoms with Crippen molar-refractivity contribution in [1.82, 2.24) is 0 Å². The van der Waals surface area contributed by atoms with Crippen molar-refractivity contribution in [2.75, 3.05) is 4.90 Å². The number of hydrogen-bond acceptors (Lipinski definition) is 4. The van der Waals surface area contributed by atoms with E-state index in [0.29, 0.717) is 5.69 Å². The van der Waals surface area contributed by atoms with Crippen molar-refractivity contribution in [3.8, 4) is 0 Å². The monoisotopic (exact) mass is 296 g/mol. The predicted octanol–water partition coefficient (Wildman–Crippen LogP) is 3.01. The molecular formula is C16H12N2O4. The molecule has 22 heavy (non-hydrogen) atoms. The number of fused-ring (bicyclic) bond motifs is 1. The van der Waals surface area contributed by atoms with Crippen molar-refractivity contribution in [2.24, 2.45) is 0 Å². The van der Waals surface area contributed by atoms with Gasteiger partial charge in [-0.3, -0.25) is 19.7 Å². The Labute approximate surface area is 126 Å². The van der Waals surface area contributed by atoms with Crippen molar-refractivity contribution >= 4 is 23.2 Å². The fraction of sp³-hybridized carbons (Fsp3) is 0.125. The van der Waals surface area contributed by atoms with Crippen LogP contribution in [0.25, 0.3) is 0 Å². The number of nitrogens with zero attached hydrogens (tertiary/aromatic N) is 2. The number of anilines is 1. The summed E-state index contributed by atoms with van der Waals surface area (Å²) in [5, 5.41) is 10.8. The Kier molecular flexibility index (Phi) is 3.02. The SMILES string of the molecule is Cc1cc(C)cc(N2C(=O)c3ccc([N+](=O)[O-])cc3C2=O)c1. The number of carbonyl (C=O) groups excluding carboxylic acids is 2. The van der Waals surface area contributed by atoms with E-state index in [4.69, 9.17) is 0 Å². The van der Waals surface area contributed by atoms with Gasteiger partial charge < -0.3 is 0 Å². The lowest BCUT2D eigenvalue weighted by Gasteiger charge is -2.15. The third kappa shape index (κ3) is 2.05. The summed E-state index contributed by atoms with van der Waals surface area (Å²) >= 11 is 0. The molecule has 0 aliphatic carbocycles. The van der Waals surface area contributed by atoms with Gasteiger partial charge in [0.15, 0.2) is 0 Å². The maximum absolute atomic E-state index is 12.5. The van der Waals surface area contributed by atoms with Gasteiger partial charge in [-0.1, -0.05) is 6.07 Å². The molecule has 0 unspecified atom stereocenters. The van der Waals surface area contributed by atoms with Gasteiger partial charge in [0.25, 0.3) is 17.5 Å². The molecule has 0 spiro atoms. The van der Waals surface area contributed by atoms with Crippen molar-refractivity contribution < 1.29 is 14.5 Å². The van der Waals surface area contributed by atoms with Gasteiger partial charge in [0.05, 0.1) is 21.7 Å². The van der Waals surface area contributed by atoms with E-state index >= 15 is 0 Å². The minimum Gasteiger partial charge on any atom is -0.268 e. The highest BCUT2D eigenvalue weighted by molar-refractivity contribution is 6.34. The minimum atomic E-state index is -0.586. The van der Waals surface area contributed by atoms with Crippen LogP contribution in [0.4, 0.5) is 11.4 Å². The fourth-order valence-corrected chi connectivity index (χ4v) is 2.66. The molecule has 1 heterocycles. The molecule has 0 fully saturated rings. The van der Waals surface area contributed by atoms with Crippen LogP contribution in [-0.2, 0) is 0 Å². The number of amides is 2. The largest absolute Gasteiger partial charge is 0.270 e. The van der Waals surface area contributed by atoms with Gasteiger partial charge in [-0.05, 0) is 43.2 Å². The fourth-order valence-electron chi connectivity index (χ4n) is 2.66.